The van der Waals surface area contributed by atoms with Crippen LogP contribution in [-0.2, 0) is 16.8 Å². The molecule has 1 amide bonds. The number of ketones is 1. The summed E-state index contributed by atoms with van der Waals surface area (Å²) in [6.45, 7) is 4.23. The van der Waals surface area contributed by atoms with Gasteiger partial charge < -0.3 is 10.6 Å². The van der Waals surface area contributed by atoms with Crippen molar-refractivity contribution in [2.45, 2.75) is 44.1 Å². The van der Waals surface area contributed by atoms with E-state index in [4.69, 9.17) is 5.73 Å². The number of pyridine rings is 1. The molecule has 0 unspecified atom stereocenters. The standard InChI is InChI=1S/C25H30N4O2/c26-23-15-18(5-10-27-23)17-28-11-6-19(7-12-28)24(31)29-13-8-25(9-14-29)16-22(30)20-3-1-2-4-21(20)25/h1-5,10,15,19H,6-9,11-14,16-17H2,(H2,26,27). The maximum atomic E-state index is 13.2. The van der Waals surface area contributed by atoms with Crippen LogP contribution in [0, 0.1) is 5.92 Å². The van der Waals surface area contributed by atoms with Gasteiger partial charge in [-0.1, -0.05) is 24.3 Å². The molecule has 31 heavy (non-hydrogen) atoms. The molecule has 3 aliphatic rings. The smallest absolute Gasteiger partial charge is 0.225 e. The fourth-order valence-electron chi connectivity index (χ4n) is 5.73. The van der Waals surface area contributed by atoms with Crippen LogP contribution in [-0.4, -0.2) is 52.7 Å². The first kappa shape index (κ1) is 20.2. The molecule has 2 aromatic rings. The predicted octanol–water partition coefficient (Wildman–Crippen LogP) is 3.02. The third-order valence-corrected chi connectivity index (χ3v) is 7.52. The number of nitrogen functional groups attached to an aromatic ring is 1. The first-order chi connectivity index (χ1) is 15.0. The van der Waals surface area contributed by atoms with Gasteiger partial charge in [-0.2, -0.15) is 0 Å². The number of nitrogens with two attached hydrogens (primary N) is 1. The van der Waals surface area contributed by atoms with Crippen molar-refractivity contribution >= 4 is 17.5 Å². The van der Waals surface area contributed by atoms with Crippen molar-refractivity contribution in [3.8, 4) is 0 Å². The number of nitrogens with zero attached hydrogens (tertiary/aromatic N) is 3. The Morgan fingerprint density at radius 3 is 2.58 bits per heavy atom. The molecule has 0 radical (unpaired) electrons. The van der Waals surface area contributed by atoms with E-state index >= 15 is 0 Å². The Hall–Kier alpha value is -2.73. The topological polar surface area (TPSA) is 79.5 Å². The van der Waals surface area contributed by atoms with Crippen LogP contribution < -0.4 is 5.73 Å². The third-order valence-electron chi connectivity index (χ3n) is 7.52. The first-order valence-corrected chi connectivity index (χ1v) is 11.4. The number of anilines is 1. The van der Waals surface area contributed by atoms with Crippen LogP contribution in [0.1, 0.15) is 53.6 Å². The van der Waals surface area contributed by atoms with E-state index in [2.05, 4.69) is 20.9 Å². The predicted molar refractivity (Wildman–Crippen MR) is 120 cm³/mol. The summed E-state index contributed by atoms with van der Waals surface area (Å²) in [6, 6.07) is 12.0. The van der Waals surface area contributed by atoms with Crippen molar-refractivity contribution in [3.05, 3.63) is 59.3 Å². The molecule has 6 heteroatoms. The molecular weight excluding hydrogens is 388 g/mol. The average molecular weight is 419 g/mol. The summed E-state index contributed by atoms with van der Waals surface area (Å²) in [5, 5.41) is 0. The summed E-state index contributed by atoms with van der Waals surface area (Å²) in [6.07, 6.45) is 5.95. The quantitative estimate of drug-likeness (QED) is 0.829. The Balaban J connectivity index is 1.16. The Morgan fingerprint density at radius 1 is 1.10 bits per heavy atom. The van der Waals surface area contributed by atoms with Crippen LogP contribution in [0.25, 0.3) is 0 Å². The second-order valence-electron chi connectivity index (χ2n) is 9.39. The van der Waals surface area contributed by atoms with Crippen LogP contribution in [0.3, 0.4) is 0 Å². The van der Waals surface area contributed by atoms with Crippen LogP contribution in [0.15, 0.2) is 42.6 Å². The highest BCUT2D eigenvalue weighted by Gasteiger charge is 2.46. The summed E-state index contributed by atoms with van der Waals surface area (Å²) in [5.74, 6) is 1.24. The number of aromatic nitrogens is 1. The Labute approximate surface area is 183 Å². The first-order valence-electron chi connectivity index (χ1n) is 11.4. The van der Waals surface area contributed by atoms with Gasteiger partial charge in [-0.05, 0) is 62.0 Å². The van der Waals surface area contributed by atoms with Gasteiger partial charge in [-0.15, -0.1) is 0 Å². The lowest BCUT2D eigenvalue weighted by Gasteiger charge is -2.41. The van der Waals surface area contributed by atoms with Crippen molar-refractivity contribution < 1.29 is 9.59 Å². The highest BCUT2D eigenvalue weighted by molar-refractivity contribution is 6.02. The van der Waals surface area contributed by atoms with Crippen molar-refractivity contribution in [1.82, 2.24) is 14.8 Å². The molecule has 2 N–H and O–H groups in total. The number of amides is 1. The van der Waals surface area contributed by atoms with Gasteiger partial charge in [0.15, 0.2) is 5.78 Å². The van der Waals surface area contributed by atoms with Crippen LogP contribution >= 0.6 is 0 Å². The molecule has 3 heterocycles. The monoisotopic (exact) mass is 418 g/mol. The average Bonchev–Trinajstić information content (AvgIpc) is 3.06. The maximum Gasteiger partial charge on any atom is 0.225 e. The lowest BCUT2D eigenvalue weighted by Crippen LogP contribution is -2.48. The molecule has 162 valence electrons. The van der Waals surface area contributed by atoms with Crippen molar-refractivity contribution in [2.24, 2.45) is 5.92 Å². The highest BCUT2D eigenvalue weighted by Crippen LogP contribution is 2.46. The van der Waals surface area contributed by atoms with E-state index < -0.39 is 0 Å². The van der Waals surface area contributed by atoms with Crippen molar-refractivity contribution in [3.63, 3.8) is 0 Å². The van der Waals surface area contributed by atoms with Crippen LogP contribution in [0.4, 0.5) is 5.82 Å². The molecule has 0 saturated carbocycles. The number of carbonyl (C=O) groups excluding carboxylic acids is 2. The Kier molecular flexibility index (Phi) is 5.26. The minimum Gasteiger partial charge on any atom is -0.384 e. The lowest BCUT2D eigenvalue weighted by atomic mass is 9.73. The fourth-order valence-corrected chi connectivity index (χ4v) is 5.73. The van der Waals surface area contributed by atoms with Gasteiger partial charge in [-0.3, -0.25) is 14.5 Å². The third kappa shape index (κ3) is 3.85. The second kappa shape index (κ2) is 8.08. The molecule has 2 fully saturated rings. The SMILES string of the molecule is Nc1cc(CN2CCC(C(=O)N3CCC4(CC3)CC(=O)c3ccccc34)CC2)ccn1. The number of likely N-dealkylation sites (tertiary alicyclic amines) is 2. The molecular formula is C25H30N4O2. The van der Waals surface area contributed by atoms with E-state index in [1.807, 2.05) is 30.3 Å². The number of benzene rings is 1. The summed E-state index contributed by atoms with van der Waals surface area (Å²) < 4.78 is 0. The molecule has 1 aromatic heterocycles. The van der Waals surface area contributed by atoms with Gasteiger partial charge in [0.2, 0.25) is 5.91 Å². The van der Waals surface area contributed by atoms with Gasteiger partial charge >= 0.3 is 0 Å². The largest absolute Gasteiger partial charge is 0.384 e. The van der Waals surface area contributed by atoms with E-state index in [1.54, 1.807) is 6.20 Å². The molecule has 0 atom stereocenters. The molecule has 0 bridgehead atoms. The van der Waals surface area contributed by atoms with E-state index in [9.17, 15) is 9.59 Å². The van der Waals surface area contributed by atoms with Gasteiger partial charge in [0.25, 0.3) is 0 Å². The minimum absolute atomic E-state index is 0.0554. The van der Waals surface area contributed by atoms with E-state index in [0.717, 1.165) is 64.0 Å². The normalized spacial score (nSPS) is 21.4. The molecule has 1 aromatic carbocycles. The van der Waals surface area contributed by atoms with E-state index in [0.29, 0.717) is 18.1 Å². The summed E-state index contributed by atoms with van der Waals surface area (Å²) in [4.78, 5) is 34.2. The number of Topliss-reactive ketones (excluding diaryl/α,β-unsaturated/α-hetero) is 1. The zero-order valence-corrected chi connectivity index (χ0v) is 17.9. The molecule has 6 nitrogen and oxygen atoms in total. The fraction of sp³-hybridized carbons (Fsp3) is 0.480. The zero-order valence-electron chi connectivity index (χ0n) is 17.9. The molecule has 2 aliphatic heterocycles. The van der Waals surface area contributed by atoms with E-state index in [-0.39, 0.29) is 17.1 Å². The van der Waals surface area contributed by atoms with Crippen LogP contribution in [0.2, 0.25) is 0 Å². The Morgan fingerprint density at radius 2 is 1.84 bits per heavy atom. The summed E-state index contributed by atoms with van der Waals surface area (Å²) >= 11 is 0. The lowest BCUT2D eigenvalue weighted by molar-refractivity contribution is -0.138. The number of rotatable bonds is 3. The minimum atomic E-state index is -0.0554. The summed E-state index contributed by atoms with van der Waals surface area (Å²) in [7, 11) is 0. The number of fused-ring (bicyclic) bond motifs is 2. The zero-order chi connectivity index (χ0) is 21.4. The molecule has 2 saturated heterocycles. The number of carbonyl (C=O) groups is 2. The Bertz CT molecular complexity index is 989. The van der Waals surface area contributed by atoms with Gasteiger partial charge in [0.05, 0.1) is 0 Å². The van der Waals surface area contributed by atoms with E-state index in [1.165, 1.54) is 11.1 Å². The number of hydrogen-bond donors (Lipinski definition) is 1. The molecule has 1 spiro atoms. The number of piperidine rings is 2. The van der Waals surface area contributed by atoms with Crippen molar-refractivity contribution in [2.75, 3.05) is 31.9 Å². The second-order valence-corrected chi connectivity index (χ2v) is 9.39. The highest BCUT2D eigenvalue weighted by atomic mass is 16.2. The van der Waals surface area contributed by atoms with Crippen LogP contribution in [0.5, 0.6) is 0 Å². The van der Waals surface area contributed by atoms with Gasteiger partial charge in [0, 0.05) is 49.1 Å². The van der Waals surface area contributed by atoms with Gasteiger partial charge in [-0.25, -0.2) is 4.98 Å². The van der Waals surface area contributed by atoms with Gasteiger partial charge in [0.1, 0.15) is 5.82 Å². The van der Waals surface area contributed by atoms with Crippen molar-refractivity contribution in [1.29, 1.82) is 0 Å². The number of hydrogen-bond acceptors (Lipinski definition) is 5. The maximum absolute atomic E-state index is 13.2. The molecule has 5 rings (SSSR count). The summed E-state index contributed by atoms with van der Waals surface area (Å²) in [5.41, 5.74) is 9.00. The molecule has 1 aliphatic carbocycles.